The lowest BCUT2D eigenvalue weighted by Crippen LogP contribution is -2.34. The lowest BCUT2D eigenvalue weighted by Gasteiger charge is -2.29. The maximum Gasteiger partial charge on any atom is 0.374 e. The number of allylic oxidation sites excluding steroid dienone is 1. The fraction of sp³-hybridized carbons (Fsp3) is 0.276. The lowest BCUT2D eigenvalue weighted by molar-refractivity contribution is -0.137. The van der Waals surface area contributed by atoms with Crippen molar-refractivity contribution in [1.29, 1.82) is 0 Å². The predicted molar refractivity (Wildman–Crippen MR) is 137 cm³/mol. The van der Waals surface area contributed by atoms with Crippen LogP contribution in [0.3, 0.4) is 0 Å². The molecule has 0 N–H and O–H groups in total. The molecule has 1 aliphatic heterocycles. The van der Waals surface area contributed by atoms with E-state index in [1.165, 1.54) is 17.3 Å². The number of carbonyl (C=O) groups is 2. The number of benzene rings is 2. The molecule has 0 bridgehead atoms. The third-order valence-corrected chi connectivity index (χ3v) is 6.72. The third kappa shape index (κ3) is 5.14. The summed E-state index contributed by atoms with van der Waals surface area (Å²) >= 11 is 0. The number of rotatable bonds is 7. The Morgan fingerprint density at radius 1 is 1.03 bits per heavy atom. The molecule has 0 radical (unpaired) electrons. The van der Waals surface area contributed by atoms with Crippen molar-refractivity contribution in [2.75, 3.05) is 20.8 Å². The quantitative estimate of drug-likeness (QED) is 0.410. The second-order valence-electron chi connectivity index (χ2n) is 8.94. The van der Waals surface area contributed by atoms with Gasteiger partial charge in [-0.15, -0.1) is 0 Å². The number of hydrazone groups is 1. The number of hydrogen-bond acceptors (Lipinski definition) is 7. The molecule has 37 heavy (non-hydrogen) atoms. The van der Waals surface area contributed by atoms with E-state index in [-0.39, 0.29) is 17.7 Å². The molecule has 2 aliphatic rings. The molecule has 1 fully saturated rings. The van der Waals surface area contributed by atoms with Crippen LogP contribution in [0.15, 0.2) is 82.0 Å². The van der Waals surface area contributed by atoms with Crippen molar-refractivity contribution < 1.29 is 28.2 Å². The van der Waals surface area contributed by atoms with Gasteiger partial charge in [-0.2, -0.15) is 5.10 Å². The Hall–Kier alpha value is -4.33. The summed E-state index contributed by atoms with van der Waals surface area (Å²) < 4.78 is 20.9. The first-order chi connectivity index (χ1) is 18.1. The minimum absolute atomic E-state index is 0.0244. The summed E-state index contributed by atoms with van der Waals surface area (Å²) in [6.45, 7) is -0.437. The fourth-order valence-electron chi connectivity index (χ4n) is 4.90. The van der Waals surface area contributed by atoms with Crippen molar-refractivity contribution >= 4 is 23.7 Å². The third-order valence-electron chi connectivity index (χ3n) is 6.72. The summed E-state index contributed by atoms with van der Waals surface area (Å²) in [6, 6.07) is 18.3. The van der Waals surface area contributed by atoms with Crippen molar-refractivity contribution in [1.82, 2.24) is 5.01 Å². The smallest absolute Gasteiger partial charge is 0.374 e. The lowest BCUT2D eigenvalue weighted by atomic mass is 9.77. The average Bonchev–Trinajstić information content (AvgIpc) is 3.61. The molecule has 2 heterocycles. The van der Waals surface area contributed by atoms with Gasteiger partial charge in [0.05, 0.1) is 32.2 Å². The number of hydrogen-bond donors (Lipinski definition) is 0. The molecule has 1 aliphatic carbocycles. The van der Waals surface area contributed by atoms with Gasteiger partial charge >= 0.3 is 5.97 Å². The van der Waals surface area contributed by atoms with Gasteiger partial charge in [0, 0.05) is 5.92 Å². The molecule has 2 atom stereocenters. The Kier molecular flexibility index (Phi) is 7.07. The van der Waals surface area contributed by atoms with E-state index in [9.17, 15) is 9.59 Å². The number of ether oxygens (including phenoxy) is 3. The van der Waals surface area contributed by atoms with Gasteiger partial charge in [0.25, 0.3) is 5.91 Å². The van der Waals surface area contributed by atoms with Crippen LogP contribution in [0, 0.1) is 5.92 Å². The van der Waals surface area contributed by atoms with Gasteiger partial charge in [0.15, 0.2) is 6.61 Å². The van der Waals surface area contributed by atoms with Crippen molar-refractivity contribution in [2.45, 2.75) is 25.3 Å². The van der Waals surface area contributed by atoms with Gasteiger partial charge in [-0.05, 0) is 78.4 Å². The first-order valence-electron chi connectivity index (χ1n) is 12.2. The van der Waals surface area contributed by atoms with E-state index in [1.807, 2.05) is 48.5 Å². The van der Waals surface area contributed by atoms with Crippen LogP contribution in [0.25, 0.3) is 6.08 Å². The van der Waals surface area contributed by atoms with Crippen LogP contribution in [0.4, 0.5) is 0 Å². The zero-order valence-electron chi connectivity index (χ0n) is 20.8. The normalized spacial score (nSPS) is 19.8. The van der Waals surface area contributed by atoms with Crippen molar-refractivity contribution in [3.63, 3.8) is 0 Å². The summed E-state index contributed by atoms with van der Waals surface area (Å²) in [5.74, 6) is 0.510. The molecule has 8 heteroatoms. The first-order valence-corrected chi connectivity index (χ1v) is 12.2. The van der Waals surface area contributed by atoms with E-state index >= 15 is 0 Å². The fourth-order valence-corrected chi connectivity index (χ4v) is 4.90. The van der Waals surface area contributed by atoms with Crippen molar-refractivity contribution in [2.24, 2.45) is 11.0 Å². The minimum Gasteiger partial charge on any atom is -0.497 e. The van der Waals surface area contributed by atoms with Crippen molar-refractivity contribution in [3.8, 4) is 11.5 Å². The molecule has 3 aromatic rings. The predicted octanol–water partition coefficient (Wildman–Crippen LogP) is 5.28. The Morgan fingerprint density at radius 2 is 1.73 bits per heavy atom. The van der Waals surface area contributed by atoms with E-state index < -0.39 is 18.5 Å². The second kappa shape index (κ2) is 10.7. The molecule has 5 rings (SSSR count). The number of esters is 1. The van der Waals surface area contributed by atoms with E-state index in [0.29, 0.717) is 0 Å². The van der Waals surface area contributed by atoms with E-state index in [0.717, 1.165) is 53.2 Å². The molecule has 2 aromatic carbocycles. The average molecular weight is 501 g/mol. The van der Waals surface area contributed by atoms with Crippen LogP contribution in [0.1, 0.15) is 47.0 Å². The molecule has 0 saturated heterocycles. The van der Waals surface area contributed by atoms with Crippen LogP contribution in [0.5, 0.6) is 11.5 Å². The zero-order valence-corrected chi connectivity index (χ0v) is 20.8. The highest BCUT2D eigenvalue weighted by atomic mass is 16.5. The largest absolute Gasteiger partial charge is 0.497 e. The molecule has 2 unspecified atom stereocenters. The van der Waals surface area contributed by atoms with Gasteiger partial charge < -0.3 is 18.6 Å². The number of fused-ring (bicyclic) bond motifs is 1. The van der Waals surface area contributed by atoms with Gasteiger partial charge in [-0.25, -0.2) is 9.80 Å². The van der Waals surface area contributed by atoms with Crippen LogP contribution in [-0.2, 0) is 9.53 Å². The molecule has 190 valence electrons. The molecular formula is C29H28N2O6. The highest BCUT2D eigenvalue weighted by Crippen LogP contribution is 2.44. The number of nitrogens with zero attached hydrogens (tertiary/aromatic N) is 2. The summed E-state index contributed by atoms with van der Waals surface area (Å²) in [5.41, 5.74) is 3.98. The Balaban J connectivity index is 1.44. The number of methoxy groups -OCH3 is 2. The number of amides is 1. The Labute approximate surface area is 215 Å². The number of furan rings is 1. The van der Waals surface area contributed by atoms with Gasteiger partial charge in [-0.3, -0.25) is 4.79 Å². The van der Waals surface area contributed by atoms with Crippen LogP contribution >= 0.6 is 0 Å². The number of carbonyl (C=O) groups excluding carboxylic acids is 2. The van der Waals surface area contributed by atoms with E-state index in [2.05, 4.69) is 6.08 Å². The van der Waals surface area contributed by atoms with Gasteiger partial charge in [-0.1, -0.05) is 24.3 Å². The summed E-state index contributed by atoms with van der Waals surface area (Å²) in [6.07, 6.45) is 6.25. The Bertz CT molecular complexity index is 1310. The maximum atomic E-state index is 13.4. The maximum absolute atomic E-state index is 13.4. The highest BCUT2D eigenvalue weighted by Gasteiger charge is 2.43. The van der Waals surface area contributed by atoms with Crippen LogP contribution in [0.2, 0.25) is 0 Å². The zero-order chi connectivity index (χ0) is 25.8. The topological polar surface area (TPSA) is 90.6 Å². The van der Waals surface area contributed by atoms with Crippen LogP contribution in [-0.4, -0.2) is 43.4 Å². The molecule has 1 aromatic heterocycles. The van der Waals surface area contributed by atoms with Crippen molar-refractivity contribution in [3.05, 3.63) is 89.4 Å². The highest BCUT2D eigenvalue weighted by molar-refractivity contribution is 6.08. The second-order valence-corrected chi connectivity index (χ2v) is 8.94. The summed E-state index contributed by atoms with van der Waals surface area (Å²) in [7, 11) is 3.26. The standard InChI is InChI=1S/C29H28N2O6/c1-34-22-12-8-19(9-13-22)17-21-5-3-6-24-27(21)30-31(28(24)20-10-14-23(35-2)15-11-20)26(32)18-37-29(33)25-7-4-16-36-25/h4,7-17,24,28H,3,5-6,18H2,1-2H3. The molecule has 8 nitrogen and oxygen atoms in total. The van der Waals surface area contributed by atoms with Gasteiger partial charge in [0.1, 0.15) is 11.5 Å². The molecule has 1 saturated carbocycles. The Morgan fingerprint density at radius 3 is 2.38 bits per heavy atom. The molecular weight excluding hydrogens is 472 g/mol. The summed E-state index contributed by atoms with van der Waals surface area (Å²) in [4.78, 5) is 25.6. The minimum atomic E-state index is -0.691. The monoisotopic (exact) mass is 500 g/mol. The van der Waals surface area contributed by atoms with Crippen LogP contribution < -0.4 is 9.47 Å². The first kappa shape index (κ1) is 24.4. The van der Waals surface area contributed by atoms with E-state index in [1.54, 1.807) is 20.3 Å². The SMILES string of the molecule is COc1ccc(C=C2CCCC3C2=NN(C(=O)COC(=O)c2ccco2)C3c2ccc(OC)cc2)cc1. The molecule has 1 amide bonds. The van der Waals surface area contributed by atoms with E-state index in [4.69, 9.17) is 23.7 Å². The molecule has 0 spiro atoms. The van der Waals surface area contributed by atoms with Gasteiger partial charge in [0.2, 0.25) is 5.76 Å². The summed E-state index contributed by atoms with van der Waals surface area (Å²) in [5, 5.41) is 6.30.